The molecule has 0 unspecified atom stereocenters. The number of nitrogens with one attached hydrogen (secondary N) is 3. The zero-order valence-electron chi connectivity index (χ0n) is 14.2. The number of anilines is 1. The molecule has 25 heavy (non-hydrogen) atoms. The molecule has 3 N–H and O–H groups in total. The third-order valence-corrected chi connectivity index (χ3v) is 5.13. The third-order valence-electron chi connectivity index (χ3n) is 4.22. The second-order valence-electron chi connectivity index (χ2n) is 6.20. The molecular formula is C18H22N4O2S. The molecule has 132 valence electrons. The van der Waals surface area contributed by atoms with Crippen LogP contribution in [0.4, 0.5) is 10.5 Å². The van der Waals surface area contributed by atoms with Crippen LogP contribution in [-0.4, -0.2) is 16.9 Å². The van der Waals surface area contributed by atoms with E-state index < -0.39 is 0 Å². The molecule has 0 aliphatic heterocycles. The number of thiazole rings is 1. The number of urea groups is 1. The molecule has 0 radical (unpaired) electrons. The van der Waals surface area contributed by atoms with Crippen molar-refractivity contribution in [3.63, 3.8) is 0 Å². The molecule has 1 aromatic heterocycles. The molecule has 1 aliphatic rings. The minimum absolute atomic E-state index is 0.0916. The van der Waals surface area contributed by atoms with Gasteiger partial charge in [-0.25, -0.2) is 9.78 Å². The fourth-order valence-electron chi connectivity index (χ4n) is 2.57. The monoisotopic (exact) mass is 358 g/mol. The Morgan fingerprint density at radius 1 is 1.24 bits per heavy atom. The van der Waals surface area contributed by atoms with E-state index in [1.54, 1.807) is 17.5 Å². The van der Waals surface area contributed by atoms with E-state index in [0.29, 0.717) is 13.1 Å². The maximum absolute atomic E-state index is 12.0. The average Bonchev–Trinajstić information content (AvgIpc) is 2.95. The Morgan fingerprint density at radius 2 is 2.04 bits per heavy atom. The molecule has 0 bridgehead atoms. The van der Waals surface area contributed by atoms with E-state index in [-0.39, 0.29) is 17.9 Å². The van der Waals surface area contributed by atoms with Gasteiger partial charge in [0.15, 0.2) is 0 Å². The summed E-state index contributed by atoms with van der Waals surface area (Å²) >= 11 is 1.57. The van der Waals surface area contributed by atoms with Crippen LogP contribution in [0.3, 0.4) is 0 Å². The summed E-state index contributed by atoms with van der Waals surface area (Å²) in [5.74, 6) is 0.247. The van der Waals surface area contributed by atoms with Gasteiger partial charge in [-0.3, -0.25) is 4.79 Å². The first-order valence-electron chi connectivity index (χ1n) is 8.43. The highest BCUT2D eigenvalue weighted by Gasteiger charge is 2.25. The Balaban J connectivity index is 1.45. The molecule has 1 aliphatic carbocycles. The molecule has 0 saturated heterocycles. The largest absolute Gasteiger partial charge is 0.334 e. The van der Waals surface area contributed by atoms with Gasteiger partial charge in [0.1, 0.15) is 0 Å². The van der Waals surface area contributed by atoms with Crippen molar-refractivity contribution in [2.75, 3.05) is 5.32 Å². The van der Waals surface area contributed by atoms with Crippen molar-refractivity contribution >= 4 is 29.0 Å². The number of aromatic nitrogens is 1. The van der Waals surface area contributed by atoms with Gasteiger partial charge in [0.05, 0.1) is 11.6 Å². The number of nitrogens with zero attached hydrogens (tertiary/aromatic N) is 1. The van der Waals surface area contributed by atoms with Gasteiger partial charge in [-0.05, 0) is 37.5 Å². The molecular weight excluding hydrogens is 336 g/mol. The summed E-state index contributed by atoms with van der Waals surface area (Å²) in [5, 5.41) is 9.57. The lowest BCUT2D eigenvalue weighted by Gasteiger charge is -2.24. The Bertz CT molecular complexity index is 755. The maximum Gasteiger partial charge on any atom is 0.315 e. The van der Waals surface area contributed by atoms with E-state index in [2.05, 4.69) is 20.9 Å². The third kappa shape index (κ3) is 5.03. The Morgan fingerprint density at radius 3 is 2.72 bits per heavy atom. The van der Waals surface area contributed by atoms with Crippen molar-refractivity contribution in [1.82, 2.24) is 15.6 Å². The van der Waals surface area contributed by atoms with Crippen molar-refractivity contribution in [3.8, 4) is 0 Å². The van der Waals surface area contributed by atoms with Gasteiger partial charge in [-0.15, -0.1) is 11.3 Å². The highest BCUT2D eigenvalue weighted by Crippen LogP contribution is 2.27. The van der Waals surface area contributed by atoms with Crippen molar-refractivity contribution < 1.29 is 9.59 Å². The standard InChI is InChI=1S/C18H22N4O2S/c1-12-19-10-16(25-12)11-21-18(24)20-9-13-4-2-7-15(8-13)22-17(23)14-5-3-6-14/h2,4,7-8,10,14H,3,5-6,9,11H2,1H3,(H,22,23)(H2,20,21,24). The van der Waals surface area contributed by atoms with Crippen molar-refractivity contribution in [2.24, 2.45) is 5.92 Å². The van der Waals surface area contributed by atoms with Crippen molar-refractivity contribution in [1.29, 1.82) is 0 Å². The summed E-state index contributed by atoms with van der Waals surface area (Å²) in [6.07, 6.45) is 4.87. The van der Waals surface area contributed by atoms with Crippen LogP contribution in [0, 0.1) is 12.8 Å². The predicted octanol–water partition coefficient (Wildman–Crippen LogP) is 3.19. The second-order valence-corrected chi connectivity index (χ2v) is 7.52. The molecule has 1 heterocycles. The van der Waals surface area contributed by atoms with Gasteiger partial charge in [0.25, 0.3) is 0 Å². The number of carbonyl (C=O) groups is 2. The molecule has 0 atom stereocenters. The summed E-state index contributed by atoms with van der Waals surface area (Å²) in [5.41, 5.74) is 1.71. The van der Waals surface area contributed by atoms with Gasteiger partial charge in [0.2, 0.25) is 5.91 Å². The molecule has 7 heteroatoms. The molecule has 3 rings (SSSR count). The summed E-state index contributed by atoms with van der Waals surface area (Å²) < 4.78 is 0. The summed E-state index contributed by atoms with van der Waals surface area (Å²) in [6, 6.07) is 7.34. The molecule has 1 saturated carbocycles. The highest BCUT2D eigenvalue weighted by molar-refractivity contribution is 7.11. The van der Waals surface area contributed by atoms with E-state index in [1.165, 1.54) is 0 Å². The molecule has 0 spiro atoms. The first-order valence-corrected chi connectivity index (χ1v) is 9.24. The lowest BCUT2D eigenvalue weighted by molar-refractivity contribution is -0.122. The van der Waals surface area contributed by atoms with E-state index in [0.717, 1.165) is 40.4 Å². The molecule has 1 fully saturated rings. The fraction of sp³-hybridized carbons (Fsp3) is 0.389. The average molecular weight is 358 g/mol. The van der Waals surface area contributed by atoms with E-state index in [9.17, 15) is 9.59 Å². The topological polar surface area (TPSA) is 83.1 Å². The second kappa shape index (κ2) is 8.11. The smallest absolute Gasteiger partial charge is 0.315 e. The number of hydrogen-bond donors (Lipinski definition) is 3. The quantitative estimate of drug-likeness (QED) is 0.741. The number of hydrogen-bond acceptors (Lipinski definition) is 4. The number of rotatable bonds is 6. The lowest BCUT2D eigenvalue weighted by Crippen LogP contribution is -2.34. The Labute approximate surface area is 151 Å². The fourth-order valence-corrected chi connectivity index (χ4v) is 3.31. The summed E-state index contributed by atoms with van der Waals surface area (Å²) in [6.45, 7) is 2.81. The van der Waals surface area contributed by atoms with Crippen molar-refractivity contribution in [3.05, 3.63) is 45.9 Å². The minimum Gasteiger partial charge on any atom is -0.334 e. The van der Waals surface area contributed by atoms with Gasteiger partial charge >= 0.3 is 6.03 Å². The number of carbonyl (C=O) groups excluding carboxylic acids is 2. The SMILES string of the molecule is Cc1ncc(CNC(=O)NCc2cccc(NC(=O)C3CCC3)c2)s1. The molecule has 3 amide bonds. The first kappa shape index (κ1) is 17.4. The van der Waals surface area contributed by atoms with Crippen LogP contribution in [-0.2, 0) is 17.9 Å². The Hall–Kier alpha value is -2.41. The van der Waals surface area contributed by atoms with Gasteiger partial charge < -0.3 is 16.0 Å². The number of benzene rings is 1. The van der Waals surface area contributed by atoms with Gasteiger partial charge in [-0.2, -0.15) is 0 Å². The van der Waals surface area contributed by atoms with Crippen LogP contribution in [0.1, 0.15) is 34.7 Å². The van der Waals surface area contributed by atoms with Crippen LogP contribution in [0.15, 0.2) is 30.5 Å². The van der Waals surface area contributed by atoms with Crippen molar-refractivity contribution in [2.45, 2.75) is 39.3 Å². The van der Waals surface area contributed by atoms with Gasteiger partial charge in [0, 0.05) is 29.2 Å². The van der Waals surface area contributed by atoms with Crippen LogP contribution in [0.5, 0.6) is 0 Å². The molecule has 6 nitrogen and oxygen atoms in total. The highest BCUT2D eigenvalue weighted by atomic mass is 32.1. The maximum atomic E-state index is 12.0. The lowest BCUT2D eigenvalue weighted by atomic mass is 9.85. The van der Waals surface area contributed by atoms with Crippen LogP contribution in [0.25, 0.3) is 0 Å². The van der Waals surface area contributed by atoms with E-state index in [4.69, 9.17) is 0 Å². The minimum atomic E-state index is -0.227. The zero-order valence-corrected chi connectivity index (χ0v) is 15.0. The first-order chi connectivity index (χ1) is 12.1. The normalized spacial score (nSPS) is 13.8. The van der Waals surface area contributed by atoms with Crippen LogP contribution < -0.4 is 16.0 Å². The zero-order chi connectivity index (χ0) is 17.6. The molecule has 1 aromatic carbocycles. The predicted molar refractivity (Wildman–Crippen MR) is 98.3 cm³/mol. The van der Waals surface area contributed by atoms with Gasteiger partial charge in [-0.1, -0.05) is 18.6 Å². The Kier molecular flexibility index (Phi) is 5.65. The summed E-state index contributed by atoms with van der Waals surface area (Å²) in [4.78, 5) is 29.1. The van der Waals surface area contributed by atoms with Crippen LogP contribution in [0.2, 0.25) is 0 Å². The molecule has 2 aromatic rings. The van der Waals surface area contributed by atoms with Crippen LogP contribution >= 0.6 is 11.3 Å². The number of amides is 3. The number of aryl methyl sites for hydroxylation is 1. The summed E-state index contributed by atoms with van der Waals surface area (Å²) in [7, 11) is 0. The van der Waals surface area contributed by atoms with E-state index in [1.807, 2.05) is 31.2 Å². The van der Waals surface area contributed by atoms with E-state index >= 15 is 0 Å².